The topological polar surface area (TPSA) is 68.4 Å². The molecule has 4 heteroatoms. The van der Waals surface area contributed by atoms with Gasteiger partial charge in [0.2, 0.25) is 0 Å². The summed E-state index contributed by atoms with van der Waals surface area (Å²) in [4.78, 5) is 4.29. The number of hydrogen-bond acceptors (Lipinski definition) is 4. The number of nitrogens with two attached hydrogens (primary N) is 1. The highest BCUT2D eigenvalue weighted by Gasteiger charge is 2.25. The van der Waals surface area contributed by atoms with E-state index in [1.165, 1.54) is 0 Å². The van der Waals surface area contributed by atoms with Crippen molar-refractivity contribution in [3.63, 3.8) is 0 Å². The molecule has 0 aliphatic rings. The first-order valence-corrected chi connectivity index (χ1v) is 6.61. The lowest BCUT2D eigenvalue weighted by Crippen LogP contribution is -2.21. The van der Waals surface area contributed by atoms with E-state index in [4.69, 9.17) is 10.5 Å². The van der Waals surface area contributed by atoms with E-state index in [0.717, 1.165) is 16.8 Å². The van der Waals surface area contributed by atoms with E-state index < -0.39 is 6.10 Å². The van der Waals surface area contributed by atoms with Crippen LogP contribution in [0.4, 0.5) is 0 Å². The van der Waals surface area contributed by atoms with E-state index in [1.54, 1.807) is 13.3 Å². The van der Waals surface area contributed by atoms with Crippen molar-refractivity contribution in [2.75, 3.05) is 13.7 Å². The van der Waals surface area contributed by atoms with Gasteiger partial charge in [0.1, 0.15) is 5.75 Å². The first kappa shape index (κ1) is 14.5. The van der Waals surface area contributed by atoms with E-state index >= 15 is 0 Å². The van der Waals surface area contributed by atoms with Crippen LogP contribution in [-0.2, 0) is 0 Å². The molecule has 2 rings (SSSR count). The van der Waals surface area contributed by atoms with Crippen molar-refractivity contribution in [1.82, 2.24) is 4.98 Å². The third kappa shape index (κ3) is 2.98. The number of aliphatic hydroxyl groups is 1. The monoisotopic (exact) mass is 272 g/mol. The minimum atomic E-state index is -0.746. The lowest BCUT2D eigenvalue weighted by atomic mass is 9.91. The fourth-order valence-corrected chi connectivity index (χ4v) is 2.31. The van der Waals surface area contributed by atoms with Crippen LogP contribution in [0.25, 0.3) is 0 Å². The van der Waals surface area contributed by atoms with Crippen molar-refractivity contribution >= 4 is 0 Å². The second-order valence-electron chi connectivity index (χ2n) is 4.79. The Kier molecular flexibility index (Phi) is 4.71. The van der Waals surface area contributed by atoms with Crippen LogP contribution in [0, 0.1) is 6.92 Å². The van der Waals surface area contributed by atoms with Crippen molar-refractivity contribution in [2.45, 2.75) is 18.9 Å². The number of aliphatic hydroxyl groups excluding tert-OH is 1. The smallest absolute Gasteiger partial charge is 0.124 e. The van der Waals surface area contributed by atoms with Gasteiger partial charge in [-0.25, -0.2) is 0 Å². The molecule has 0 aliphatic carbocycles. The molecule has 1 aromatic heterocycles. The van der Waals surface area contributed by atoms with Crippen LogP contribution in [0.1, 0.15) is 28.8 Å². The Balaban J connectivity index is 2.38. The zero-order chi connectivity index (χ0) is 14.5. The van der Waals surface area contributed by atoms with E-state index in [-0.39, 0.29) is 5.92 Å². The van der Waals surface area contributed by atoms with E-state index in [9.17, 15) is 5.11 Å². The highest BCUT2D eigenvalue weighted by molar-refractivity contribution is 5.40. The first-order chi connectivity index (χ1) is 9.67. The maximum Gasteiger partial charge on any atom is 0.124 e. The number of benzene rings is 1. The van der Waals surface area contributed by atoms with Gasteiger partial charge < -0.3 is 15.6 Å². The van der Waals surface area contributed by atoms with Crippen LogP contribution in [0.2, 0.25) is 0 Å². The maximum atomic E-state index is 10.7. The summed E-state index contributed by atoms with van der Waals surface area (Å²) in [6, 6.07) is 11.4. The molecule has 2 unspecified atom stereocenters. The Morgan fingerprint density at radius 2 is 2.10 bits per heavy atom. The molecule has 0 fully saturated rings. The van der Waals surface area contributed by atoms with Gasteiger partial charge in [-0.3, -0.25) is 4.98 Å². The number of aromatic nitrogens is 1. The minimum Gasteiger partial charge on any atom is -0.496 e. The number of pyridine rings is 1. The highest BCUT2D eigenvalue weighted by atomic mass is 16.5. The van der Waals surface area contributed by atoms with Gasteiger partial charge >= 0.3 is 0 Å². The molecule has 0 amide bonds. The normalized spacial score (nSPS) is 13.8. The second-order valence-corrected chi connectivity index (χ2v) is 4.79. The van der Waals surface area contributed by atoms with Crippen LogP contribution in [-0.4, -0.2) is 23.7 Å². The SMILES string of the molecule is COc1ccc(C)cc1C(O)C(CN)c1ccccn1. The van der Waals surface area contributed by atoms with Gasteiger partial charge in [-0.15, -0.1) is 0 Å². The van der Waals surface area contributed by atoms with Crippen molar-refractivity contribution < 1.29 is 9.84 Å². The zero-order valence-electron chi connectivity index (χ0n) is 11.8. The lowest BCUT2D eigenvalue weighted by molar-refractivity contribution is 0.142. The molecular weight excluding hydrogens is 252 g/mol. The van der Waals surface area contributed by atoms with Crippen molar-refractivity contribution in [3.05, 3.63) is 59.4 Å². The summed E-state index contributed by atoms with van der Waals surface area (Å²) < 4.78 is 5.33. The van der Waals surface area contributed by atoms with Crippen molar-refractivity contribution in [2.24, 2.45) is 5.73 Å². The Morgan fingerprint density at radius 3 is 2.70 bits per heavy atom. The first-order valence-electron chi connectivity index (χ1n) is 6.61. The molecule has 0 bridgehead atoms. The molecule has 106 valence electrons. The third-order valence-electron chi connectivity index (χ3n) is 3.41. The molecule has 0 spiro atoms. The number of rotatable bonds is 5. The fourth-order valence-electron chi connectivity index (χ4n) is 2.31. The third-order valence-corrected chi connectivity index (χ3v) is 3.41. The molecule has 0 radical (unpaired) electrons. The molecule has 1 heterocycles. The number of ether oxygens (including phenoxy) is 1. The van der Waals surface area contributed by atoms with Crippen LogP contribution in [0.3, 0.4) is 0 Å². The zero-order valence-corrected chi connectivity index (χ0v) is 11.8. The summed E-state index contributed by atoms with van der Waals surface area (Å²) in [5, 5.41) is 10.7. The van der Waals surface area contributed by atoms with Gasteiger partial charge in [-0.2, -0.15) is 0 Å². The largest absolute Gasteiger partial charge is 0.496 e. The van der Waals surface area contributed by atoms with E-state index in [0.29, 0.717) is 12.3 Å². The number of hydrogen-bond donors (Lipinski definition) is 2. The summed E-state index contributed by atoms with van der Waals surface area (Å²) in [6.07, 6.45) is 0.961. The molecule has 2 aromatic rings. The van der Waals surface area contributed by atoms with Crippen molar-refractivity contribution in [1.29, 1.82) is 0 Å². The highest BCUT2D eigenvalue weighted by Crippen LogP contribution is 2.34. The summed E-state index contributed by atoms with van der Waals surface area (Å²) in [5.41, 5.74) is 8.43. The fraction of sp³-hybridized carbons (Fsp3) is 0.312. The Morgan fingerprint density at radius 1 is 1.30 bits per heavy atom. The standard InChI is InChI=1S/C16H20N2O2/c1-11-6-7-15(20-2)12(9-11)16(19)13(10-17)14-5-3-4-8-18-14/h3-9,13,16,19H,10,17H2,1-2H3. The molecule has 3 N–H and O–H groups in total. The predicted molar refractivity (Wildman–Crippen MR) is 78.7 cm³/mol. The summed E-state index contributed by atoms with van der Waals surface area (Å²) in [7, 11) is 1.60. The minimum absolute atomic E-state index is 0.258. The van der Waals surface area contributed by atoms with E-state index in [2.05, 4.69) is 4.98 Å². The maximum absolute atomic E-state index is 10.7. The van der Waals surface area contributed by atoms with Gasteiger partial charge in [0.15, 0.2) is 0 Å². The lowest BCUT2D eigenvalue weighted by Gasteiger charge is -2.23. The van der Waals surface area contributed by atoms with Gasteiger partial charge in [-0.1, -0.05) is 17.7 Å². The molecule has 0 aliphatic heterocycles. The van der Waals surface area contributed by atoms with Gasteiger partial charge in [0.25, 0.3) is 0 Å². The quantitative estimate of drug-likeness (QED) is 0.875. The Labute approximate surface area is 119 Å². The molecular formula is C16H20N2O2. The van der Waals surface area contributed by atoms with Gasteiger partial charge in [0, 0.05) is 29.9 Å². The van der Waals surface area contributed by atoms with Crippen LogP contribution in [0.5, 0.6) is 5.75 Å². The number of methoxy groups -OCH3 is 1. The second kappa shape index (κ2) is 6.50. The van der Waals surface area contributed by atoms with Crippen LogP contribution >= 0.6 is 0 Å². The summed E-state index contributed by atoms with van der Waals surface area (Å²) in [6.45, 7) is 2.29. The molecule has 0 saturated carbocycles. The average molecular weight is 272 g/mol. The molecule has 1 aromatic carbocycles. The number of nitrogens with zero attached hydrogens (tertiary/aromatic N) is 1. The molecule has 4 nitrogen and oxygen atoms in total. The molecule has 20 heavy (non-hydrogen) atoms. The molecule has 2 atom stereocenters. The predicted octanol–water partition coefficient (Wildman–Crippen LogP) is 2.17. The average Bonchev–Trinajstić information content (AvgIpc) is 2.49. The van der Waals surface area contributed by atoms with Crippen molar-refractivity contribution in [3.8, 4) is 5.75 Å². The van der Waals surface area contributed by atoms with Crippen LogP contribution in [0.15, 0.2) is 42.6 Å². The van der Waals surface area contributed by atoms with Gasteiger partial charge in [-0.05, 0) is 31.2 Å². The number of aryl methyl sites for hydroxylation is 1. The Hall–Kier alpha value is -1.91. The van der Waals surface area contributed by atoms with Crippen LogP contribution < -0.4 is 10.5 Å². The summed E-state index contributed by atoms with van der Waals surface area (Å²) in [5.74, 6) is 0.407. The molecule has 0 saturated heterocycles. The summed E-state index contributed by atoms with van der Waals surface area (Å²) >= 11 is 0. The Bertz CT molecular complexity index is 558. The van der Waals surface area contributed by atoms with Gasteiger partial charge in [0.05, 0.1) is 13.2 Å². The van der Waals surface area contributed by atoms with E-state index in [1.807, 2.05) is 43.3 Å².